The van der Waals surface area contributed by atoms with Gasteiger partial charge in [0.25, 0.3) is 0 Å². The monoisotopic (exact) mass is 178 g/mol. The highest BCUT2D eigenvalue weighted by atomic mass is 31.2. The maximum atomic E-state index is 9.35. The average molecular weight is 178 g/mol. The topological polar surface area (TPSA) is 100 Å². The first-order chi connectivity index (χ1) is 4.83. The summed E-state index contributed by atoms with van der Waals surface area (Å²) in [7, 11) is -4.38. The lowest BCUT2D eigenvalue weighted by atomic mass is 10.7. The van der Waals surface area contributed by atoms with Gasteiger partial charge < -0.3 is 19.5 Å². The highest BCUT2D eigenvalue weighted by Crippen LogP contribution is 2.22. The van der Waals surface area contributed by atoms with E-state index in [1.807, 2.05) is 0 Å². The second-order valence-corrected chi connectivity index (χ2v) is 2.71. The van der Waals surface area contributed by atoms with Gasteiger partial charge in [0.2, 0.25) is 0 Å². The van der Waals surface area contributed by atoms with E-state index in [-0.39, 0.29) is 0 Å². The van der Waals surface area contributed by atoms with E-state index in [2.05, 4.69) is 13.2 Å². The van der Waals surface area contributed by atoms with Gasteiger partial charge in [-0.2, -0.15) is 0 Å². The Labute approximate surface area is 63.8 Å². The van der Waals surface area contributed by atoms with E-state index in [0.29, 0.717) is 5.82 Å². The van der Waals surface area contributed by atoms with Crippen molar-refractivity contribution in [1.29, 1.82) is 0 Å². The molecule has 0 aromatic carbocycles. The van der Waals surface area contributed by atoms with E-state index in [1.54, 1.807) is 0 Å². The zero-order valence-electron chi connectivity index (χ0n) is 5.60. The lowest BCUT2D eigenvalue weighted by Crippen LogP contribution is -2.09. The van der Waals surface area contributed by atoms with Crippen LogP contribution < -0.4 is 9.79 Å². The van der Waals surface area contributed by atoms with Gasteiger partial charge in [-0.15, -0.1) is 0 Å². The Morgan fingerprint density at radius 1 is 1.45 bits per heavy atom. The van der Waals surface area contributed by atoms with Crippen molar-refractivity contribution >= 4 is 13.6 Å². The van der Waals surface area contributed by atoms with Crippen LogP contribution in [-0.4, -0.2) is 11.1 Å². The fraction of sp³-hybridized carbons (Fsp3) is 0. The van der Waals surface area contributed by atoms with E-state index < -0.39 is 13.6 Å². The van der Waals surface area contributed by atoms with Crippen LogP contribution in [0.5, 0.6) is 0 Å². The summed E-state index contributed by atoms with van der Waals surface area (Å²) in [6.07, 6.45) is 0.833. The van der Waals surface area contributed by atoms with Crippen molar-refractivity contribution in [2.24, 2.45) is 0 Å². The lowest BCUT2D eigenvalue weighted by molar-refractivity contribution is -0.308. The quantitative estimate of drug-likeness (QED) is 0.445. The third-order valence-corrected chi connectivity index (χ3v) is 0.845. The average Bonchev–Trinajstić information content (AvgIpc) is 1.88. The van der Waals surface area contributed by atoms with Gasteiger partial charge in [0.05, 0.1) is 0 Å². The van der Waals surface area contributed by atoms with Crippen molar-refractivity contribution in [3.8, 4) is 0 Å². The summed E-state index contributed by atoms with van der Waals surface area (Å²) in [6.45, 7) is 5.70. The van der Waals surface area contributed by atoms with Crippen LogP contribution in [0.3, 0.4) is 0 Å². The van der Waals surface area contributed by atoms with Crippen molar-refractivity contribution in [3.63, 3.8) is 0 Å². The Kier molecular flexibility index (Phi) is 6.78. The SMILES string of the molecule is C=CC(=O)O.C=CP(=O)([O-])[O-]. The molecule has 0 aromatic rings. The van der Waals surface area contributed by atoms with Gasteiger partial charge in [-0.3, -0.25) is 0 Å². The molecule has 0 spiro atoms. The van der Waals surface area contributed by atoms with Crippen molar-refractivity contribution in [3.05, 3.63) is 25.1 Å². The summed E-state index contributed by atoms with van der Waals surface area (Å²) in [4.78, 5) is 28.0. The predicted octanol–water partition coefficient (Wildman–Crippen LogP) is -0.699. The second-order valence-electron chi connectivity index (χ2n) is 1.26. The molecule has 0 aliphatic carbocycles. The van der Waals surface area contributed by atoms with Crippen LogP contribution >= 0.6 is 7.60 Å². The number of aliphatic carboxylic acids is 1. The second kappa shape index (κ2) is 5.85. The summed E-state index contributed by atoms with van der Waals surface area (Å²) in [5.41, 5.74) is 0. The van der Waals surface area contributed by atoms with Crippen molar-refractivity contribution in [1.82, 2.24) is 0 Å². The largest absolute Gasteiger partial charge is 0.808 e. The number of carbonyl (C=O) groups is 1. The summed E-state index contributed by atoms with van der Waals surface area (Å²) < 4.78 is 9.35. The van der Waals surface area contributed by atoms with Crippen molar-refractivity contribution < 1.29 is 24.3 Å². The Hall–Kier alpha value is -0.900. The molecule has 5 nitrogen and oxygen atoms in total. The Morgan fingerprint density at radius 3 is 1.64 bits per heavy atom. The van der Waals surface area contributed by atoms with Gasteiger partial charge in [-0.1, -0.05) is 19.0 Å². The summed E-state index contributed by atoms with van der Waals surface area (Å²) in [6, 6.07) is 0. The lowest BCUT2D eigenvalue weighted by Gasteiger charge is -2.23. The molecular formula is C5H7O5P-2. The molecule has 0 bridgehead atoms. The highest BCUT2D eigenvalue weighted by molar-refractivity contribution is 7.52. The van der Waals surface area contributed by atoms with Crippen LogP contribution in [0.2, 0.25) is 0 Å². The Morgan fingerprint density at radius 2 is 1.64 bits per heavy atom. The van der Waals surface area contributed by atoms with Crippen LogP contribution in [0, 0.1) is 0 Å². The molecule has 0 amide bonds. The number of hydrogen-bond acceptors (Lipinski definition) is 4. The molecule has 1 N–H and O–H groups in total. The van der Waals surface area contributed by atoms with Gasteiger partial charge in [0.1, 0.15) is 0 Å². The van der Waals surface area contributed by atoms with Crippen molar-refractivity contribution in [2.45, 2.75) is 0 Å². The zero-order valence-corrected chi connectivity index (χ0v) is 6.49. The molecule has 6 heteroatoms. The normalized spacial score (nSPS) is 8.91. The van der Waals surface area contributed by atoms with E-state index in [1.165, 1.54) is 0 Å². The molecule has 0 aliphatic rings. The molecule has 0 fully saturated rings. The van der Waals surface area contributed by atoms with Crippen molar-refractivity contribution in [2.75, 3.05) is 0 Å². The number of carboxylic acid groups (broad SMARTS) is 1. The van der Waals surface area contributed by atoms with Gasteiger partial charge in [-0.05, 0) is 7.60 Å². The number of rotatable bonds is 2. The third-order valence-electron chi connectivity index (χ3n) is 0.398. The first-order valence-corrected chi connectivity index (χ1v) is 3.95. The van der Waals surface area contributed by atoms with Gasteiger partial charge in [-0.25, -0.2) is 4.79 Å². The molecule has 0 aromatic heterocycles. The molecule has 0 saturated carbocycles. The molecule has 0 atom stereocenters. The minimum absolute atomic E-state index is 0.382. The van der Waals surface area contributed by atoms with E-state index in [0.717, 1.165) is 6.08 Å². The molecular weight excluding hydrogens is 171 g/mol. The minimum atomic E-state index is -4.38. The van der Waals surface area contributed by atoms with E-state index >= 15 is 0 Å². The van der Waals surface area contributed by atoms with E-state index in [9.17, 15) is 19.1 Å². The van der Waals surface area contributed by atoms with Gasteiger partial charge >= 0.3 is 5.97 Å². The molecule has 0 radical (unpaired) electrons. The fourth-order valence-corrected chi connectivity index (χ4v) is 0. The predicted molar refractivity (Wildman–Crippen MR) is 35.6 cm³/mol. The molecule has 64 valence electrons. The van der Waals surface area contributed by atoms with Crippen LogP contribution in [0.25, 0.3) is 0 Å². The first kappa shape index (κ1) is 12.7. The summed E-state index contributed by atoms with van der Waals surface area (Å²) in [5.74, 6) is -0.600. The molecule has 0 heterocycles. The Bertz CT molecular complexity index is 191. The number of hydrogen-bond donors (Lipinski definition) is 1. The molecule has 0 aliphatic heterocycles. The summed E-state index contributed by atoms with van der Waals surface area (Å²) >= 11 is 0. The summed E-state index contributed by atoms with van der Waals surface area (Å²) in [5, 5.41) is 7.60. The minimum Gasteiger partial charge on any atom is -0.808 e. The number of carboxylic acids is 1. The van der Waals surface area contributed by atoms with Gasteiger partial charge in [0, 0.05) is 6.08 Å². The fourth-order valence-electron chi connectivity index (χ4n) is 0. The zero-order chi connectivity index (χ0) is 9.49. The molecule has 0 rings (SSSR count). The standard InChI is InChI=1S/C3H4O2.C2H5O3P/c1-2-3(4)5;1-2-6(3,4)5/h2H,1H2,(H,4,5);2H,1H2,(H2,3,4,5)/p-2. The molecule has 0 unspecified atom stereocenters. The van der Waals surface area contributed by atoms with Gasteiger partial charge in [0.15, 0.2) is 0 Å². The van der Waals surface area contributed by atoms with Crippen LogP contribution in [-0.2, 0) is 9.36 Å². The maximum Gasteiger partial charge on any atom is 0.327 e. The van der Waals surface area contributed by atoms with Crippen LogP contribution in [0.1, 0.15) is 0 Å². The smallest absolute Gasteiger partial charge is 0.327 e. The maximum absolute atomic E-state index is 9.35. The highest BCUT2D eigenvalue weighted by Gasteiger charge is 1.73. The Balaban J connectivity index is 0. The van der Waals surface area contributed by atoms with Crippen LogP contribution in [0.4, 0.5) is 0 Å². The third kappa shape index (κ3) is 27.3. The van der Waals surface area contributed by atoms with Crippen LogP contribution in [0.15, 0.2) is 25.1 Å². The molecule has 0 saturated heterocycles. The first-order valence-electron chi connectivity index (χ1n) is 2.34. The molecule has 11 heavy (non-hydrogen) atoms. The van der Waals surface area contributed by atoms with E-state index in [4.69, 9.17) is 5.11 Å².